The van der Waals surface area contributed by atoms with E-state index in [2.05, 4.69) is 5.10 Å². The van der Waals surface area contributed by atoms with Gasteiger partial charge in [-0.1, -0.05) is 29.8 Å². The number of hydrogen-bond acceptors (Lipinski definition) is 3. The molecule has 1 aliphatic rings. The molecule has 23 heavy (non-hydrogen) atoms. The van der Waals surface area contributed by atoms with Gasteiger partial charge in [0.15, 0.2) is 0 Å². The van der Waals surface area contributed by atoms with Crippen LogP contribution in [0.25, 0.3) is 6.08 Å². The molecule has 0 N–H and O–H groups in total. The molecule has 116 valence electrons. The van der Waals surface area contributed by atoms with Gasteiger partial charge < -0.3 is 4.74 Å². The molecular formula is C19H18N2O2. The number of carbonyl (C=O) groups excluding carboxylic acids is 1. The van der Waals surface area contributed by atoms with E-state index < -0.39 is 0 Å². The van der Waals surface area contributed by atoms with Gasteiger partial charge >= 0.3 is 0 Å². The second-order valence-corrected chi connectivity index (χ2v) is 5.47. The van der Waals surface area contributed by atoms with E-state index in [9.17, 15) is 4.79 Å². The molecule has 1 aliphatic heterocycles. The number of hydrazone groups is 1. The maximum Gasteiger partial charge on any atom is 0.280 e. The van der Waals surface area contributed by atoms with Crippen molar-refractivity contribution in [3.05, 3.63) is 65.2 Å². The molecular weight excluding hydrogens is 288 g/mol. The van der Waals surface area contributed by atoms with Crippen molar-refractivity contribution in [3.8, 4) is 5.75 Å². The molecule has 0 bridgehead atoms. The summed E-state index contributed by atoms with van der Waals surface area (Å²) in [5, 5.41) is 5.84. The van der Waals surface area contributed by atoms with E-state index in [1.54, 1.807) is 7.11 Å². The number of nitrogens with zero attached hydrogens (tertiary/aromatic N) is 2. The first-order valence-corrected chi connectivity index (χ1v) is 7.41. The third kappa shape index (κ3) is 3.01. The Kier molecular flexibility index (Phi) is 3.98. The predicted octanol–water partition coefficient (Wildman–Crippen LogP) is 3.81. The van der Waals surface area contributed by atoms with E-state index in [1.807, 2.05) is 68.5 Å². The minimum absolute atomic E-state index is 0.109. The van der Waals surface area contributed by atoms with Crippen LogP contribution in [-0.4, -0.2) is 18.7 Å². The molecule has 0 aliphatic carbocycles. The highest BCUT2D eigenvalue weighted by Crippen LogP contribution is 2.25. The fourth-order valence-corrected chi connectivity index (χ4v) is 2.41. The Balaban J connectivity index is 1.89. The van der Waals surface area contributed by atoms with Crippen molar-refractivity contribution in [2.45, 2.75) is 13.8 Å². The van der Waals surface area contributed by atoms with Gasteiger partial charge in [-0.25, -0.2) is 0 Å². The summed E-state index contributed by atoms with van der Waals surface area (Å²) in [6, 6.07) is 15.3. The van der Waals surface area contributed by atoms with Crippen LogP contribution in [-0.2, 0) is 4.79 Å². The van der Waals surface area contributed by atoms with Crippen molar-refractivity contribution in [1.82, 2.24) is 0 Å². The number of anilines is 1. The van der Waals surface area contributed by atoms with Crippen molar-refractivity contribution >= 4 is 23.4 Å². The molecule has 2 aromatic carbocycles. The first-order valence-electron chi connectivity index (χ1n) is 7.41. The summed E-state index contributed by atoms with van der Waals surface area (Å²) in [4.78, 5) is 12.6. The van der Waals surface area contributed by atoms with Crippen LogP contribution in [0.3, 0.4) is 0 Å². The summed E-state index contributed by atoms with van der Waals surface area (Å²) < 4.78 is 5.15. The van der Waals surface area contributed by atoms with Crippen LogP contribution in [0.5, 0.6) is 5.75 Å². The number of amides is 1. The van der Waals surface area contributed by atoms with Gasteiger partial charge in [0.05, 0.1) is 24.1 Å². The molecule has 0 saturated carbocycles. The number of carbonyl (C=O) groups is 1. The van der Waals surface area contributed by atoms with E-state index in [1.165, 1.54) is 5.01 Å². The van der Waals surface area contributed by atoms with E-state index in [-0.39, 0.29) is 5.91 Å². The van der Waals surface area contributed by atoms with Gasteiger partial charge in [-0.05, 0) is 49.8 Å². The number of benzene rings is 2. The Morgan fingerprint density at radius 3 is 2.26 bits per heavy atom. The zero-order chi connectivity index (χ0) is 16.4. The molecule has 0 aromatic heterocycles. The molecule has 0 radical (unpaired) electrons. The van der Waals surface area contributed by atoms with Crippen LogP contribution < -0.4 is 9.75 Å². The van der Waals surface area contributed by atoms with Gasteiger partial charge in [0, 0.05) is 0 Å². The normalized spacial score (nSPS) is 16.0. The zero-order valence-corrected chi connectivity index (χ0v) is 13.4. The molecule has 1 amide bonds. The van der Waals surface area contributed by atoms with Crippen molar-refractivity contribution in [2.24, 2.45) is 5.10 Å². The Labute approximate surface area is 135 Å². The third-order valence-corrected chi connectivity index (χ3v) is 3.77. The molecule has 0 spiro atoms. The summed E-state index contributed by atoms with van der Waals surface area (Å²) in [5.74, 6) is 0.679. The van der Waals surface area contributed by atoms with Gasteiger partial charge in [0.25, 0.3) is 5.91 Å². The summed E-state index contributed by atoms with van der Waals surface area (Å²) >= 11 is 0. The van der Waals surface area contributed by atoms with Crippen LogP contribution in [0.15, 0.2) is 59.2 Å². The average molecular weight is 306 g/mol. The SMILES string of the molecule is COc1ccc(/C=C2/C(=O)N(c3ccc(C)cc3)N=C2C)cc1. The second kappa shape index (κ2) is 6.08. The van der Waals surface area contributed by atoms with Gasteiger partial charge in [-0.2, -0.15) is 10.1 Å². The summed E-state index contributed by atoms with van der Waals surface area (Å²) in [6.45, 7) is 3.86. The van der Waals surface area contributed by atoms with Crippen molar-refractivity contribution < 1.29 is 9.53 Å². The monoisotopic (exact) mass is 306 g/mol. The number of aryl methyl sites for hydroxylation is 1. The summed E-state index contributed by atoms with van der Waals surface area (Å²) in [7, 11) is 1.63. The maximum absolute atomic E-state index is 12.6. The van der Waals surface area contributed by atoms with Crippen LogP contribution in [0.4, 0.5) is 5.69 Å². The highest BCUT2D eigenvalue weighted by atomic mass is 16.5. The van der Waals surface area contributed by atoms with Gasteiger partial charge in [-0.15, -0.1) is 0 Å². The standard InChI is InChI=1S/C19H18N2O2/c1-13-4-8-16(9-5-13)21-19(22)18(14(2)20-21)12-15-6-10-17(23-3)11-7-15/h4-12H,1-3H3/b18-12+. The minimum Gasteiger partial charge on any atom is -0.497 e. The van der Waals surface area contributed by atoms with E-state index >= 15 is 0 Å². The predicted molar refractivity (Wildman–Crippen MR) is 92.7 cm³/mol. The lowest BCUT2D eigenvalue weighted by Gasteiger charge is -2.11. The van der Waals surface area contributed by atoms with Crippen molar-refractivity contribution in [1.29, 1.82) is 0 Å². The van der Waals surface area contributed by atoms with Gasteiger partial charge in [0.2, 0.25) is 0 Å². The number of hydrogen-bond donors (Lipinski definition) is 0. The van der Waals surface area contributed by atoms with Gasteiger partial charge in [0.1, 0.15) is 5.75 Å². The zero-order valence-electron chi connectivity index (χ0n) is 13.4. The fraction of sp³-hybridized carbons (Fsp3) is 0.158. The highest BCUT2D eigenvalue weighted by molar-refractivity contribution is 6.32. The minimum atomic E-state index is -0.109. The van der Waals surface area contributed by atoms with Crippen LogP contribution in [0.2, 0.25) is 0 Å². The van der Waals surface area contributed by atoms with Crippen LogP contribution in [0.1, 0.15) is 18.1 Å². The Hall–Kier alpha value is -2.88. The van der Waals surface area contributed by atoms with E-state index in [0.29, 0.717) is 11.3 Å². The molecule has 0 atom stereocenters. The maximum atomic E-state index is 12.6. The topological polar surface area (TPSA) is 41.9 Å². The van der Waals surface area contributed by atoms with Crippen LogP contribution >= 0.6 is 0 Å². The molecule has 1 heterocycles. The van der Waals surface area contributed by atoms with Crippen LogP contribution in [0, 0.1) is 6.92 Å². The smallest absolute Gasteiger partial charge is 0.280 e. The Morgan fingerprint density at radius 2 is 1.65 bits per heavy atom. The van der Waals surface area contributed by atoms with E-state index in [4.69, 9.17) is 4.74 Å². The molecule has 4 nitrogen and oxygen atoms in total. The third-order valence-electron chi connectivity index (χ3n) is 3.77. The summed E-state index contributed by atoms with van der Waals surface area (Å²) in [6.07, 6.45) is 1.86. The van der Waals surface area contributed by atoms with Crippen molar-refractivity contribution in [3.63, 3.8) is 0 Å². The number of ether oxygens (including phenoxy) is 1. The molecule has 0 saturated heterocycles. The fourth-order valence-electron chi connectivity index (χ4n) is 2.41. The average Bonchev–Trinajstić information content (AvgIpc) is 2.84. The number of rotatable bonds is 3. The largest absolute Gasteiger partial charge is 0.497 e. The number of methoxy groups -OCH3 is 1. The second-order valence-electron chi connectivity index (χ2n) is 5.47. The first-order chi connectivity index (χ1) is 11.1. The van der Waals surface area contributed by atoms with Crippen molar-refractivity contribution in [2.75, 3.05) is 12.1 Å². The lowest BCUT2D eigenvalue weighted by molar-refractivity contribution is -0.114. The highest BCUT2D eigenvalue weighted by Gasteiger charge is 2.28. The lowest BCUT2D eigenvalue weighted by Crippen LogP contribution is -2.21. The van der Waals surface area contributed by atoms with E-state index in [0.717, 1.165) is 22.6 Å². The van der Waals surface area contributed by atoms with Gasteiger partial charge in [-0.3, -0.25) is 4.79 Å². The summed E-state index contributed by atoms with van der Waals surface area (Å²) in [5.41, 5.74) is 4.18. The lowest BCUT2D eigenvalue weighted by atomic mass is 10.1. The first kappa shape index (κ1) is 15.0. The molecule has 2 aromatic rings. The Bertz CT molecular complexity index is 787. The Morgan fingerprint density at radius 1 is 1.00 bits per heavy atom. The molecule has 4 heteroatoms. The quantitative estimate of drug-likeness (QED) is 0.809. The molecule has 3 rings (SSSR count). The molecule has 0 fully saturated rings. The molecule has 0 unspecified atom stereocenters.